The summed E-state index contributed by atoms with van der Waals surface area (Å²) in [6.45, 7) is 8.82. The molecule has 0 saturated carbocycles. The van der Waals surface area contributed by atoms with E-state index in [-0.39, 0.29) is 0 Å². The lowest BCUT2D eigenvalue weighted by atomic mass is 10.1. The minimum absolute atomic E-state index is 0.507. The molecule has 0 saturated heterocycles. The van der Waals surface area contributed by atoms with Crippen LogP contribution in [0.4, 0.5) is 0 Å². The number of aryl methyl sites for hydroxylation is 4. The maximum atomic E-state index is 10.4. The van der Waals surface area contributed by atoms with Crippen molar-refractivity contribution in [3.05, 3.63) is 37.8 Å². The van der Waals surface area contributed by atoms with Crippen molar-refractivity contribution >= 4 is 22.9 Å². The third-order valence-corrected chi connectivity index (χ3v) is 5.10. The summed E-state index contributed by atoms with van der Waals surface area (Å²) >= 11 is 7.91. The van der Waals surface area contributed by atoms with Crippen molar-refractivity contribution in [2.45, 2.75) is 46.8 Å². The molecular formula is C14H19ClN2OS. The van der Waals surface area contributed by atoms with Gasteiger partial charge < -0.3 is 5.11 Å². The maximum absolute atomic E-state index is 10.4. The summed E-state index contributed by atoms with van der Waals surface area (Å²) in [5.74, 6) is 0. The second kappa shape index (κ2) is 5.65. The summed E-state index contributed by atoms with van der Waals surface area (Å²) in [5, 5.41) is 15.4. The number of aromatic nitrogens is 2. The van der Waals surface area contributed by atoms with Crippen LogP contribution < -0.4 is 0 Å². The highest BCUT2D eigenvalue weighted by Gasteiger charge is 2.19. The number of nitrogens with zero attached hydrogens (tertiary/aromatic N) is 2. The first-order valence-electron chi connectivity index (χ1n) is 6.40. The zero-order chi connectivity index (χ0) is 14.2. The molecule has 1 atom stereocenters. The average Bonchev–Trinajstić information content (AvgIpc) is 2.84. The normalized spacial score (nSPS) is 12.9. The molecule has 0 fully saturated rings. The van der Waals surface area contributed by atoms with Gasteiger partial charge in [0.15, 0.2) is 0 Å². The molecule has 5 heteroatoms. The number of hydrogen-bond acceptors (Lipinski definition) is 3. The molecule has 0 amide bonds. The Balaban J connectivity index is 2.25. The maximum Gasteiger partial charge on any atom is 0.0937 e. The van der Waals surface area contributed by atoms with Crippen molar-refractivity contribution < 1.29 is 5.11 Å². The van der Waals surface area contributed by atoms with E-state index in [9.17, 15) is 5.11 Å². The molecule has 0 bridgehead atoms. The van der Waals surface area contributed by atoms with E-state index in [0.717, 1.165) is 22.8 Å². The highest BCUT2D eigenvalue weighted by Crippen LogP contribution is 2.31. The van der Waals surface area contributed by atoms with Crippen molar-refractivity contribution in [3.8, 4) is 0 Å². The molecule has 2 aromatic heterocycles. The lowest BCUT2D eigenvalue weighted by Gasteiger charge is -2.10. The molecule has 3 nitrogen and oxygen atoms in total. The van der Waals surface area contributed by atoms with Gasteiger partial charge in [-0.2, -0.15) is 5.10 Å². The minimum atomic E-state index is -0.517. The van der Waals surface area contributed by atoms with Crippen LogP contribution in [0.25, 0.3) is 0 Å². The van der Waals surface area contributed by atoms with Gasteiger partial charge in [-0.25, -0.2) is 0 Å². The summed E-state index contributed by atoms with van der Waals surface area (Å²) in [7, 11) is 0. The molecule has 0 aromatic carbocycles. The van der Waals surface area contributed by atoms with Gasteiger partial charge in [0, 0.05) is 22.7 Å². The lowest BCUT2D eigenvalue weighted by molar-refractivity contribution is 0.179. The largest absolute Gasteiger partial charge is 0.387 e. The van der Waals surface area contributed by atoms with Crippen LogP contribution in [0.5, 0.6) is 0 Å². The Morgan fingerprint density at radius 1 is 1.42 bits per heavy atom. The Kier molecular flexibility index (Phi) is 4.33. The Morgan fingerprint density at radius 2 is 2.11 bits per heavy atom. The van der Waals surface area contributed by atoms with Crippen LogP contribution in [-0.4, -0.2) is 14.9 Å². The van der Waals surface area contributed by atoms with Crippen LogP contribution in [0, 0.1) is 20.8 Å². The Labute approximate surface area is 122 Å². The van der Waals surface area contributed by atoms with Crippen molar-refractivity contribution in [2.24, 2.45) is 0 Å². The number of rotatable bonds is 4. The third-order valence-electron chi connectivity index (χ3n) is 3.35. The van der Waals surface area contributed by atoms with Gasteiger partial charge in [-0.15, -0.1) is 11.3 Å². The highest BCUT2D eigenvalue weighted by molar-refractivity contribution is 7.12. The van der Waals surface area contributed by atoms with Crippen LogP contribution in [0.1, 0.15) is 39.7 Å². The van der Waals surface area contributed by atoms with E-state index in [1.54, 1.807) is 11.3 Å². The van der Waals surface area contributed by atoms with Crippen LogP contribution in [-0.2, 0) is 13.0 Å². The second-order valence-electron chi connectivity index (χ2n) is 4.77. The van der Waals surface area contributed by atoms with Crippen LogP contribution in [0.15, 0.2) is 6.07 Å². The zero-order valence-electron chi connectivity index (χ0n) is 11.7. The number of halogens is 1. The number of aliphatic hydroxyl groups excluding tert-OH is 1. The first-order valence-corrected chi connectivity index (χ1v) is 7.60. The second-order valence-corrected chi connectivity index (χ2v) is 6.44. The molecule has 0 spiro atoms. The molecular weight excluding hydrogens is 280 g/mol. The van der Waals surface area contributed by atoms with Crippen molar-refractivity contribution in [1.29, 1.82) is 0 Å². The number of hydrogen-bond donors (Lipinski definition) is 1. The average molecular weight is 299 g/mol. The van der Waals surface area contributed by atoms with E-state index in [2.05, 4.69) is 25.0 Å². The smallest absolute Gasteiger partial charge is 0.0937 e. The van der Waals surface area contributed by atoms with E-state index < -0.39 is 6.10 Å². The molecule has 2 aromatic rings. The monoisotopic (exact) mass is 298 g/mol. The van der Waals surface area contributed by atoms with Gasteiger partial charge in [0.1, 0.15) is 0 Å². The first-order chi connectivity index (χ1) is 8.93. The van der Waals surface area contributed by atoms with E-state index in [4.69, 9.17) is 11.6 Å². The van der Waals surface area contributed by atoms with E-state index in [1.165, 1.54) is 10.4 Å². The predicted octanol–water partition coefficient (Wildman–Crippen LogP) is 3.82. The summed E-state index contributed by atoms with van der Waals surface area (Å²) in [4.78, 5) is 2.24. The molecule has 2 rings (SSSR count). The molecule has 19 heavy (non-hydrogen) atoms. The van der Waals surface area contributed by atoms with Crippen LogP contribution in [0.2, 0.25) is 5.02 Å². The topological polar surface area (TPSA) is 38.0 Å². The van der Waals surface area contributed by atoms with Gasteiger partial charge in [-0.1, -0.05) is 11.6 Å². The van der Waals surface area contributed by atoms with Gasteiger partial charge in [-0.05, 0) is 39.3 Å². The Bertz CT molecular complexity index is 569. The molecule has 104 valence electrons. The van der Waals surface area contributed by atoms with Gasteiger partial charge in [0.05, 0.1) is 22.5 Å². The Morgan fingerprint density at radius 3 is 2.63 bits per heavy atom. The van der Waals surface area contributed by atoms with Crippen molar-refractivity contribution in [2.75, 3.05) is 0 Å². The first kappa shape index (κ1) is 14.6. The standard InChI is InChI=1S/C14H19ClN2OS/c1-5-17-11(14(15)9(3)16-17)7-12(18)13-6-8(2)10(4)19-13/h6,12,18H,5,7H2,1-4H3. The zero-order valence-corrected chi connectivity index (χ0v) is 13.3. The van der Waals surface area contributed by atoms with Crippen molar-refractivity contribution in [3.63, 3.8) is 0 Å². The van der Waals surface area contributed by atoms with Gasteiger partial charge in [0.25, 0.3) is 0 Å². The molecule has 1 N–H and O–H groups in total. The fourth-order valence-electron chi connectivity index (χ4n) is 2.11. The highest BCUT2D eigenvalue weighted by atomic mass is 35.5. The predicted molar refractivity (Wildman–Crippen MR) is 80.1 cm³/mol. The summed E-state index contributed by atoms with van der Waals surface area (Å²) < 4.78 is 1.87. The number of aliphatic hydroxyl groups is 1. The SMILES string of the molecule is CCn1nc(C)c(Cl)c1CC(O)c1cc(C)c(C)s1. The number of thiophene rings is 1. The molecule has 0 aliphatic rings. The van der Waals surface area contributed by atoms with E-state index >= 15 is 0 Å². The third kappa shape index (κ3) is 2.86. The van der Waals surface area contributed by atoms with Gasteiger partial charge in [0.2, 0.25) is 0 Å². The summed E-state index contributed by atoms with van der Waals surface area (Å²) in [5.41, 5.74) is 2.97. The van der Waals surface area contributed by atoms with E-state index in [0.29, 0.717) is 11.4 Å². The molecule has 0 radical (unpaired) electrons. The summed E-state index contributed by atoms with van der Waals surface area (Å²) in [6.07, 6.45) is -0.0105. The summed E-state index contributed by atoms with van der Waals surface area (Å²) in [6, 6.07) is 2.05. The van der Waals surface area contributed by atoms with Gasteiger partial charge >= 0.3 is 0 Å². The fraction of sp³-hybridized carbons (Fsp3) is 0.500. The van der Waals surface area contributed by atoms with Crippen LogP contribution >= 0.6 is 22.9 Å². The molecule has 2 heterocycles. The van der Waals surface area contributed by atoms with E-state index in [1.807, 2.05) is 18.5 Å². The van der Waals surface area contributed by atoms with Gasteiger partial charge in [-0.3, -0.25) is 4.68 Å². The van der Waals surface area contributed by atoms with Crippen molar-refractivity contribution in [1.82, 2.24) is 9.78 Å². The molecule has 0 aliphatic heterocycles. The Hall–Kier alpha value is -0.840. The quantitative estimate of drug-likeness (QED) is 0.932. The van der Waals surface area contributed by atoms with Crippen LogP contribution in [0.3, 0.4) is 0 Å². The molecule has 0 aliphatic carbocycles. The fourth-order valence-corrected chi connectivity index (χ4v) is 3.35. The molecule has 1 unspecified atom stereocenters. The minimum Gasteiger partial charge on any atom is -0.387 e. The lowest BCUT2D eigenvalue weighted by Crippen LogP contribution is -2.08.